The van der Waals surface area contributed by atoms with Crippen molar-refractivity contribution in [1.82, 2.24) is 5.32 Å². The summed E-state index contributed by atoms with van der Waals surface area (Å²) in [6.45, 7) is 8.05. The molecular formula is C14H29NS. The van der Waals surface area contributed by atoms with E-state index in [9.17, 15) is 0 Å². The van der Waals surface area contributed by atoms with Crippen LogP contribution in [-0.4, -0.2) is 23.6 Å². The van der Waals surface area contributed by atoms with Crippen molar-refractivity contribution in [3.05, 3.63) is 0 Å². The van der Waals surface area contributed by atoms with E-state index >= 15 is 0 Å². The molecule has 1 fully saturated rings. The molecule has 2 atom stereocenters. The molecule has 0 amide bonds. The lowest BCUT2D eigenvalue weighted by molar-refractivity contribution is 0.352. The van der Waals surface area contributed by atoms with Gasteiger partial charge in [-0.3, -0.25) is 0 Å². The molecule has 1 saturated heterocycles. The van der Waals surface area contributed by atoms with E-state index in [0.717, 1.165) is 23.8 Å². The van der Waals surface area contributed by atoms with Crippen molar-refractivity contribution in [1.29, 1.82) is 0 Å². The quantitative estimate of drug-likeness (QED) is 0.723. The van der Waals surface area contributed by atoms with Gasteiger partial charge in [0.2, 0.25) is 0 Å². The summed E-state index contributed by atoms with van der Waals surface area (Å²) in [5.41, 5.74) is 0. The maximum absolute atomic E-state index is 3.73. The van der Waals surface area contributed by atoms with Gasteiger partial charge in [0.05, 0.1) is 0 Å². The smallest absolute Gasteiger partial charge is 0.0201 e. The van der Waals surface area contributed by atoms with Crippen LogP contribution < -0.4 is 5.32 Å². The molecule has 1 aliphatic rings. The standard InChI is InChI=1S/C14H29NS/c1-4-12(5-2)11-13(15-6-3)14-9-7-8-10-16-14/h12-15H,4-11H2,1-3H3. The average Bonchev–Trinajstić information content (AvgIpc) is 2.35. The Morgan fingerprint density at radius 2 is 1.94 bits per heavy atom. The van der Waals surface area contributed by atoms with Gasteiger partial charge in [-0.2, -0.15) is 11.8 Å². The minimum atomic E-state index is 0.764. The van der Waals surface area contributed by atoms with Crippen LogP contribution in [0.25, 0.3) is 0 Å². The first kappa shape index (κ1) is 14.4. The minimum absolute atomic E-state index is 0.764. The van der Waals surface area contributed by atoms with E-state index in [1.54, 1.807) is 0 Å². The molecule has 1 N–H and O–H groups in total. The van der Waals surface area contributed by atoms with Crippen molar-refractivity contribution < 1.29 is 0 Å². The molecule has 0 aromatic heterocycles. The third-order valence-electron chi connectivity index (χ3n) is 3.87. The molecule has 16 heavy (non-hydrogen) atoms. The van der Waals surface area contributed by atoms with Crippen molar-refractivity contribution in [2.75, 3.05) is 12.3 Å². The predicted molar refractivity (Wildman–Crippen MR) is 76.3 cm³/mol. The van der Waals surface area contributed by atoms with Gasteiger partial charge in [0.15, 0.2) is 0 Å². The number of hydrogen-bond donors (Lipinski definition) is 1. The van der Waals surface area contributed by atoms with Crippen molar-refractivity contribution >= 4 is 11.8 Å². The highest BCUT2D eigenvalue weighted by atomic mass is 32.2. The molecule has 0 saturated carbocycles. The van der Waals surface area contributed by atoms with Crippen LogP contribution in [0.5, 0.6) is 0 Å². The van der Waals surface area contributed by atoms with Crippen LogP contribution in [0.4, 0.5) is 0 Å². The van der Waals surface area contributed by atoms with E-state index in [2.05, 4.69) is 37.8 Å². The van der Waals surface area contributed by atoms with Gasteiger partial charge in [0.25, 0.3) is 0 Å². The van der Waals surface area contributed by atoms with Crippen LogP contribution in [0.15, 0.2) is 0 Å². The Hall–Kier alpha value is 0.310. The van der Waals surface area contributed by atoms with E-state index in [-0.39, 0.29) is 0 Å². The van der Waals surface area contributed by atoms with Gasteiger partial charge >= 0.3 is 0 Å². The lowest BCUT2D eigenvalue weighted by Gasteiger charge is -2.32. The second-order valence-corrected chi connectivity index (χ2v) is 6.33. The van der Waals surface area contributed by atoms with Crippen LogP contribution in [0, 0.1) is 5.92 Å². The summed E-state index contributed by atoms with van der Waals surface area (Å²) in [5, 5.41) is 4.61. The molecule has 0 aliphatic carbocycles. The first-order valence-electron chi connectivity index (χ1n) is 7.16. The molecule has 2 unspecified atom stereocenters. The van der Waals surface area contributed by atoms with Gasteiger partial charge < -0.3 is 5.32 Å². The zero-order valence-corrected chi connectivity index (χ0v) is 12.1. The number of rotatable bonds is 7. The number of nitrogens with one attached hydrogen (secondary N) is 1. The first-order valence-corrected chi connectivity index (χ1v) is 8.21. The Bertz CT molecular complexity index is 162. The first-order chi connectivity index (χ1) is 7.81. The molecule has 0 bridgehead atoms. The zero-order chi connectivity index (χ0) is 11.8. The SMILES string of the molecule is CCNC(CC(CC)CC)C1CCCCS1. The maximum atomic E-state index is 3.73. The fraction of sp³-hybridized carbons (Fsp3) is 1.00. The second-order valence-electron chi connectivity index (χ2n) is 4.99. The Balaban J connectivity index is 2.44. The Kier molecular flexibility index (Phi) is 7.55. The topological polar surface area (TPSA) is 12.0 Å². The van der Waals surface area contributed by atoms with Gasteiger partial charge in [0.1, 0.15) is 0 Å². The summed E-state index contributed by atoms with van der Waals surface area (Å²) in [5.74, 6) is 2.31. The van der Waals surface area contributed by atoms with Crippen molar-refractivity contribution in [2.24, 2.45) is 5.92 Å². The molecule has 0 spiro atoms. The monoisotopic (exact) mass is 243 g/mol. The lowest BCUT2D eigenvalue weighted by atomic mass is 9.91. The highest BCUT2D eigenvalue weighted by Crippen LogP contribution is 2.31. The van der Waals surface area contributed by atoms with Crippen LogP contribution >= 0.6 is 11.8 Å². The van der Waals surface area contributed by atoms with Crippen molar-refractivity contribution in [3.8, 4) is 0 Å². The maximum Gasteiger partial charge on any atom is 0.0201 e. The molecular weight excluding hydrogens is 214 g/mol. The van der Waals surface area contributed by atoms with Gasteiger partial charge in [0, 0.05) is 11.3 Å². The molecule has 1 heterocycles. The Labute approximate surface area is 106 Å². The highest BCUT2D eigenvalue weighted by molar-refractivity contribution is 8.00. The highest BCUT2D eigenvalue weighted by Gasteiger charge is 2.25. The van der Waals surface area contributed by atoms with E-state index in [4.69, 9.17) is 0 Å². The normalized spacial score (nSPS) is 23.6. The molecule has 1 rings (SSSR count). The summed E-state index contributed by atoms with van der Waals surface area (Å²) in [6.07, 6.45) is 8.39. The minimum Gasteiger partial charge on any atom is -0.313 e. The molecule has 0 aromatic carbocycles. The van der Waals surface area contributed by atoms with Crippen molar-refractivity contribution in [2.45, 2.75) is 70.6 Å². The van der Waals surface area contributed by atoms with Crippen LogP contribution in [0.1, 0.15) is 59.3 Å². The molecule has 0 aromatic rings. The van der Waals surface area contributed by atoms with Crippen LogP contribution in [0.2, 0.25) is 0 Å². The molecule has 2 heteroatoms. The predicted octanol–water partition coefficient (Wildman–Crippen LogP) is 4.08. The second kappa shape index (κ2) is 8.41. The summed E-state index contributed by atoms with van der Waals surface area (Å²) in [4.78, 5) is 0. The zero-order valence-electron chi connectivity index (χ0n) is 11.3. The van der Waals surface area contributed by atoms with E-state index in [0.29, 0.717) is 0 Å². The molecule has 0 radical (unpaired) electrons. The van der Waals surface area contributed by atoms with Crippen LogP contribution in [-0.2, 0) is 0 Å². The third-order valence-corrected chi connectivity index (χ3v) is 5.39. The fourth-order valence-corrected chi connectivity index (χ4v) is 4.14. The largest absolute Gasteiger partial charge is 0.313 e. The summed E-state index contributed by atoms with van der Waals surface area (Å²) in [7, 11) is 0. The van der Waals surface area contributed by atoms with Crippen molar-refractivity contribution in [3.63, 3.8) is 0 Å². The number of thioether (sulfide) groups is 1. The van der Waals surface area contributed by atoms with Gasteiger partial charge in [-0.25, -0.2) is 0 Å². The van der Waals surface area contributed by atoms with E-state index in [1.165, 1.54) is 44.3 Å². The van der Waals surface area contributed by atoms with Gasteiger partial charge in [-0.05, 0) is 37.5 Å². The van der Waals surface area contributed by atoms with Gasteiger partial charge in [-0.1, -0.05) is 40.0 Å². The molecule has 96 valence electrons. The molecule has 1 aliphatic heterocycles. The Morgan fingerprint density at radius 1 is 1.19 bits per heavy atom. The summed E-state index contributed by atoms with van der Waals surface area (Å²) < 4.78 is 0. The van der Waals surface area contributed by atoms with E-state index < -0.39 is 0 Å². The summed E-state index contributed by atoms with van der Waals surface area (Å²) >= 11 is 2.21. The van der Waals surface area contributed by atoms with Crippen LogP contribution in [0.3, 0.4) is 0 Å². The van der Waals surface area contributed by atoms with E-state index in [1.807, 2.05) is 0 Å². The lowest BCUT2D eigenvalue weighted by Crippen LogP contribution is -2.40. The third kappa shape index (κ3) is 4.67. The van der Waals surface area contributed by atoms with Gasteiger partial charge in [-0.15, -0.1) is 0 Å². The molecule has 1 nitrogen and oxygen atoms in total. The summed E-state index contributed by atoms with van der Waals surface area (Å²) in [6, 6.07) is 0.764. The average molecular weight is 243 g/mol. The number of hydrogen-bond acceptors (Lipinski definition) is 2. The fourth-order valence-electron chi connectivity index (χ4n) is 2.69. The Morgan fingerprint density at radius 3 is 2.44 bits per heavy atom.